The summed E-state index contributed by atoms with van der Waals surface area (Å²) in [6, 6.07) is 5.18. The van der Waals surface area contributed by atoms with Gasteiger partial charge in [0.25, 0.3) is 0 Å². The van der Waals surface area contributed by atoms with Crippen molar-refractivity contribution in [2.24, 2.45) is 17.1 Å². The number of amides is 2. The summed E-state index contributed by atoms with van der Waals surface area (Å²) in [5.74, 6) is 0.0135. The number of rotatable bonds is 3. The van der Waals surface area contributed by atoms with Gasteiger partial charge in [0.1, 0.15) is 0 Å². The maximum Gasteiger partial charge on any atom is 0.248 e. The average molecular weight is 301 g/mol. The quantitative estimate of drug-likeness (QED) is 0.796. The fourth-order valence-electron chi connectivity index (χ4n) is 3.85. The molecule has 1 aromatic rings. The van der Waals surface area contributed by atoms with Gasteiger partial charge in [-0.15, -0.1) is 0 Å². The van der Waals surface area contributed by atoms with E-state index in [2.05, 4.69) is 10.6 Å². The summed E-state index contributed by atoms with van der Waals surface area (Å²) in [5, 5.41) is 6.43. The molecule has 2 atom stereocenters. The van der Waals surface area contributed by atoms with Gasteiger partial charge in [-0.1, -0.05) is 18.9 Å². The van der Waals surface area contributed by atoms with Crippen LogP contribution in [0.15, 0.2) is 18.2 Å². The van der Waals surface area contributed by atoms with Gasteiger partial charge in [0.15, 0.2) is 0 Å². The van der Waals surface area contributed by atoms with Gasteiger partial charge in [-0.3, -0.25) is 9.59 Å². The molecule has 1 heterocycles. The first kappa shape index (κ1) is 15.0. The van der Waals surface area contributed by atoms with Crippen molar-refractivity contribution >= 4 is 17.5 Å². The van der Waals surface area contributed by atoms with Crippen LogP contribution in [0.1, 0.15) is 41.6 Å². The van der Waals surface area contributed by atoms with E-state index < -0.39 is 5.91 Å². The van der Waals surface area contributed by atoms with Gasteiger partial charge in [0.05, 0.1) is 5.41 Å². The number of carbonyl (C=O) groups is 2. The molecule has 0 bridgehead atoms. The number of nitrogens with two attached hydrogens (primary N) is 1. The molecule has 1 aromatic carbocycles. The zero-order chi connectivity index (χ0) is 15.7. The van der Waals surface area contributed by atoms with Crippen LogP contribution in [-0.2, 0) is 4.79 Å². The van der Waals surface area contributed by atoms with E-state index in [0.29, 0.717) is 17.2 Å². The molecule has 5 heteroatoms. The Balaban J connectivity index is 1.85. The van der Waals surface area contributed by atoms with E-state index in [1.807, 2.05) is 13.0 Å². The lowest BCUT2D eigenvalue weighted by molar-refractivity contribution is -0.128. The number of aryl methyl sites for hydroxylation is 1. The number of hydrogen-bond acceptors (Lipinski definition) is 3. The normalized spacial score (nSPS) is 27.2. The number of carbonyl (C=O) groups excluding carboxylic acids is 2. The Morgan fingerprint density at radius 1 is 1.36 bits per heavy atom. The topological polar surface area (TPSA) is 84.2 Å². The lowest BCUT2D eigenvalue weighted by Gasteiger charge is -2.37. The van der Waals surface area contributed by atoms with Crippen molar-refractivity contribution < 1.29 is 9.59 Å². The smallest absolute Gasteiger partial charge is 0.248 e. The number of hydrogen-bond donors (Lipinski definition) is 3. The second-order valence-electron chi connectivity index (χ2n) is 6.58. The van der Waals surface area contributed by atoms with E-state index in [0.717, 1.165) is 37.9 Å². The fraction of sp³-hybridized carbons (Fsp3) is 0.529. The summed E-state index contributed by atoms with van der Waals surface area (Å²) in [6.45, 7) is 3.59. The molecule has 0 unspecified atom stereocenters. The first-order valence-corrected chi connectivity index (χ1v) is 7.95. The Morgan fingerprint density at radius 3 is 2.95 bits per heavy atom. The van der Waals surface area contributed by atoms with E-state index in [4.69, 9.17) is 5.73 Å². The molecule has 2 aliphatic rings. The molecule has 2 fully saturated rings. The summed E-state index contributed by atoms with van der Waals surface area (Å²) >= 11 is 0. The third-order valence-electron chi connectivity index (χ3n) is 5.26. The molecule has 3 rings (SSSR count). The molecule has 1 aliphatic heterocycles. The van der Waals surface area contributed by atoms with Crippen LogP contribution >= 0.6 is 0 Å². The fourth-order valence-corrected chi connectivity index (χ4v) is 3.85. The Kier molecular flexibility index (Phi) is 3.91. The van der Waals surface area contributed by atoms with Crippen LogP contribution in [0.2, 0.25) is 0 Å². The predicted octanol–water partition coefficient (Wildman–Crippen LogP) is 1.81. The standard InChI is InChI=1S/C17H23N3O2/c1-11-5-6-12(15(18)21)8-14(11)20-16(22)17-7-3-2-4-13(17)9-19-10-17/h5-6,8,13,19H,2-4,7,9-10H2,1H3,(H2,18,21)(H,20,22)/t13-,17+/m0/s1. The van der Waals surface area contributed by atoms with Gasteiger partial charge in [0, 0.05) is 17.8 Å². The van der Waals surface area contributed by atoms with Crippen molar-refractivity contribution in [3.05, 3.63) is 29.3 Å². The molecule has 0 aromatic heterocycles. The molecule has 5 nitrogen and oxygen atoms in total. The van der Waals surface area contributed by atoms with Crippen molar-refractivity contribution in [2.75, 3.05) is 18.4 Å². The Bertz CT molecular complexity index is 614. The molecule has 1 aliphatic carbocycles. The number of nitrogens with one attached hydrogen (secondary N) is 2. The van der Waals surface area contributed by atoms with Crippen LogP contribution in [0.3, 0.4) is 0 Å². The highest BCUT2D eigenvalue weighted by Gasteiger charge is 2.49. The predicted molar refractivity (Wildman–Crippen MR) is 85.6 cm³/mol. The zero-order valence-electron chi connectivity index (χ0n) is 12.9. The second-order valence-corrected chi connectivity index (χ2v) is 6.58. The monoisotopic (exact) mass is 301 g/mol. The number of fused-ring (bicyclic) bond motifs is 1. The van der Waals surface area contributed by atoms with Crippen LogP contribution in [0.5, 0.6) is 0 Å². The van der Waals surface area contributed by atoms with E-state index in [1.165, 1.54) is 6.42 Å². The van der Waals surface area contributed by atoms with Gasteiger partial charge in [0.2, 0.25) is 11.8 Å². The first-order valence-electron chi connectivity index (χ1n) is 7.95. The van der Waals surface area contributed by atoms with Crippen molar-refractivity contribution in [3.8, 4) is 0 Å². The van der Waals surface area contributed by atoms with Gasteiger partial charge < -0.3 is 16.4 Å². The lowest BCUT2D eigenvalue weighted by Crippen LogP contribution is -2.44. The first-order chi connectivity index (χ1) is 10.5. The van der Waals surface area contributed by atoms with Crippen LogP contribution in [0.4, 0.5) is 5.69 Å². The SMILES string of the molecule is Cc1ccc(C(N)=O)cc1NC(=O)[C@@]12CCCC[C@H]1CNC2. The largest absolute Gasteiger partial charge is 0.366 e. The van der Waals surface area contributed by atoms with Crippen LogP contribution < -0.4 is 16.4 Å². The van der Waals surface area contributed by atoms with Gasteiger partial charge in [-0.05, 0) is 49.9 Å². The van der Waals surface area contributed by atoms with E-state index in [-0.39, 0.29) is 11.3 Å². The minimum absolute atomic E-state index is 0.0759. The third-order valence-corrected chi connectivity index (χ3v) is 5.26. The average Bonchev–Trinajstić information content (AvgIpc) is 2.94. The molecule has 0 radical (unpaired) electrons. The van der Waals surface area contributed by atoms with Crippen molar-refractivity contribution in [3.63, 3.8) is 0 Å². The van der Waals surface area contributed by atoms with Crippen molar-refractivity contribution in [1.82, 2.24) is 5.32 Å². The minimum atomic E-state index is -0.480. The highest BCUT2D eigenvalue weighted by Crippen LogP contribution is 2.44. The third kappa shape index (κ3) is 2.50. The summed E-state index contributed by atoms with van der Waals surface area (Å²) in [7, 11) is 0. The summed E-state index contributed by atoms with van der Waals surface area (Å²) in [4.78, 5) is 24.3. The maximum atomic E-state index is 12.9. The Hall–Kier alpha value is -1.88. The van der Waals surface area contributed by atoms with Gasteiger partial charge in [-0.2, -0.15) is 0 Å². The second kappa shape index (κ2) is 5.72. The molecule has 4 N–H and O–H groups in total. The molecular weight excluding hydrogens is 278 g/mol. The van der Waals surface area contributed by atoms with Gasteiger partial charge >= 0.3 is 0 Å². The van der Waals surface area contributed by atoms with E-state index >= 15 is 0 Å². The highest BCUT2D eigenvalue weighted by molar-refractivity contribution is 5.99. The van der Waals surface area contributed by atoms with Crippen LogP contribution in [0, 0.1) is 18.3 Å². The van der Waals surface area contributed by atoms with Crippen LogP contribution in [0.25, 0.3) is 0 Å². The van der Waals surface area contributed by atoms with Crippen molar-refractivity contribution in [1.29, 1.82) is 0 Å². The molecule has 22 heavy (non-hydrogen) atoms. The number of anilines is 1. The molecule has 2 amide bonds. The van der Waals surface area contributed by atoms with Crippen LogP contribution in [-0.4, -0.2) is 24.9 Å². The number of primary amides is 1. The van der Waals surface area contributed by atoms with E-state index in [1.54, 1.807) is 12.1 Å². The molecule has 1 saturated heterocycles. The minimum Gasteiger partial charge on any atom is -0.366 e. The summed E-state index contributed by atoms with van der Waals surface area (Å²) < 4.78 is 0. The maximum absolute atomic E-state index is 12.9. The Morgan fingerprint density at radius 2 is 2.18 bits per heavy atom. The lowest BCUT2D eigenvalue weighted by atomic mass is 9.67. The zero-order valence-corrected chi connectivity index (χ0v) is 12.9. The molecule has 1 saturated carbocycles. The molecule has 118 valence electrons. The number of benzene rings is 1. The summed E-state index contributed by atoms with van der Waals surface area (Å²) in [5.41, 5.74) is 7.08. The summed E-state index contributed by atoms with van der Waals surface area (Å²) in [6.07, 6.45) is 4.36. The highest BCUT2D eigenvalue weighted by atomic mass is 16.2. The van der Waals surface area contributed by atoms with E-state index in [9.17, 15) is 9.59 Å². The molecule has 0 spiro atoms. The molecular formula is C17H23N3O2. The van der Waals surface area contributed by atoms with Crippen molar-refractivity contribution in [2.45, 2.75) is 32.6 Å². The Labute approximate surface area is 130 Å². The van der Waals surface area contributed by atoms with Gasteiger partial charge in [-0.25, -0.2) is 0 Å².